The lowest BCUT2D eigenvalue weighted by molar-refractivity contribution is -0.123. The number of hydrogen-bond donors (Lipinski definition) is 0. The normalized spacial score (nSPS) is 11.5. The van der Waals surface area contributed by atoms with E-state index in [4.69, 9.17) is 9.47 Å². The Kier molecular flexibility index (Phi) is 4.92. The third-order valence-corrected chi connectivity index (χ3v) is 3.53. The Bertz CT molecular complexity index is 780. The van der Waals surface area contributed by atoms with Crippen molar-refractivity contribution in [3.05, 3.63) is 90.5 Å². The van der Waals surface area contributed by atoms with Crippen molar-refractivity contribution in [3.63, 3.8) is 0 Å². The molecule has 3 rings (SSSR count). The monoisotopic (exact) mass is 318 g/mol. The van der Waals surface area contributed by atoms with E-state index in [0.29, 0.717) is 11.5 Å². The summed E-state index contributed by atoms with van der Waals surface area (Å²) in [5.74, 6) is 2.08. The molecule has 0 aliphatic rings. The molecule has 24 heavy (non-hydrogen) atoms. The van der Waals surface area contributed by atoms with E-state index < -0.39 is 6.10 Å². The molecular weight excluding hydrogens is 300 g/mol. The van der Waals surface area contributed by atoms with Crippen molar-refractivity contribution in [3.8, 4) is 17.2 Å². The molecule has 120 valence electrons. The number of ether oxygens (including phenoxy) is 2. The second-order valence-corrected chi connectivity index (χ2v) is 5.41. The SMILES string of the molecule is CC(=O)C(Oc1ccc(Oc2ccccc2)cc1)c1ccccc1. The van der Waals surface area contributed by atoms with Crippen molar-refractivity contribution in [2.75, 3.05) is 0 Å². The zero-order chi connectivity index (χ0) is 16.8. The highest BCUT2D eigenvalue weighted by molar-refractivity contribution is 5.82. The molecule has 0 saturated heterocycles. The standard InChI is InChI=1S/C21H18O3/c1-16(22)21(17-8-4-2-5-9-17)24-20-14-12-19(13-15-20)23-18-10-6-3-7-11-18/h2-15,21H,1H3. The van der Waals surface area contributed by atoms with Gasteiger partial charge in [-0.3, -0.25) is 4.79 Å². The lowest BCUT2D eigenvalue weighted by Crippen LogP contribution is -2.15. The highest BCUT2D eigenvalue weighted by atomic mass is 16.5. The fourth-order valence-electron chi connectivity index (χ4n) is 2.36. The Labute approximate surface area is 141 Å². The van der Waals surface area contributed by atoms with Crippen LogP contribution in [0.1, 0.15) is 18.6 Å². The maximum absolute atomic E-state index is 11.9. The molecule has 0 aromatic heterocycles. The van der Waals surface area contributed by atoms with Crippen LogP contribution in [0.4, 0.5) is 0 Å². The Morgan fingerprint density at radius 1 is 0.708 bits per heavy atom. The molecule has 0 fully saturated rings. The summed E-state index contributed by atoms with van der Waals surface area (Å²) in [4.78, 5) is 11.9. The molecule has 0 bridgehead atoms. The summed E-state index contributed by atoms with van der Waals surface area (Å²) in [6, 6.07) is 26.3. The molecule has 3 aromatic carbocycles. The molecule has 0 spiro atoms. The molecule has 3 aromatic rings. The topological polar surface area (TPSA) is 35.5 Å². The zero-order valence-corrected chi connectivity index (χ0v) is 13.4. The van der Waals surface area contributed by atoms with E-state index in [0.717, 1.165) is 11.3 Å². The van der Waals surface area contributed by atoms with E-state index >= 15 is 0 Å². The number of hydrogen-bond acceptors (Lipinski definition) is 3. The summed E-state index contributed by atoms with van der Waals surface area (Å²) in [5.41, 5.74) is 0.842. The zero-order valence-electron chi connectivity index (χ0n) is 13.4. The van der Waals surface area contributed by atoms with Gasteiger partial charge in [0.05, 0.1) is 0 Å². The predicted octanol–water partition coefficient (Wildman–Crippen LogP) is 5.19. The minimum absolute atomic E-state index is 0.0363. The summed E-state index contributed by atoms with van der Waals surface area (Å²) in [6.45, 7) is 1.53. The van der Waals surface area contributed by atoms with Crippen LogP contribution in [0.15, 0.2) is 84.9 Å². The molecule has 0 heterocycles. The smallest absolute Gasteiger partial charge is 0.181 e. The summed E-state index contributed by atoms with van der Waals surface area (Å²) < 4.78 is 11.6. The maximum Gasteiger partial charge on any atom is 0.181 e. The molecule has 1 atom stereocenters. The summed E-state index contributed by atoms with van der Waals surface area (Å²) in [7, 11) is 0. The van der Waals surface area contributed by atoms with Gasteiger partial charge in [0.2, 0.25) is 0 Å². The van der Waals surface area contributed by atoms with Gasteiger partial charge in [-0.1, -0.05) is 48.5 Å². The van der Waals surface area contributed by atoms with E-state index in [-0.39, 0.29) is 5.78 Å². The van der Waals surface area contributed by atoms with Gasteiger partial charge in [-0.05, 0) is 48.9 Å². The second kappa shape index (κ2) is 7.47. The third kappa shape index (κ3) is 4.02. The van der Waals surface area contributed by atoms with Crippen molar-refractivity contribution in [2.24, 2.45) is 0 Å². The number of ketones is 1. The Balaban J connectivity index is 1.72. The third-order valence-electron chi connectivity index (χ3n) is 3.53. The second-order valence-electron chi connectivity index (χ2n) is 5.41. The van der Waals surface area contributed by atoms with Crippen molar-refractivity contribution in [1.29, 1.82) is 0 Å². The van der Waals surface area contributed by atoms with Gasteiger partial charge in [0, 0.05) is 0 Å². The molecule has 0 N–H and O–H groups in total. The number of carbonyl (C=O) groups is 1. The van der Waals surface area contributed by atoms with Crippen molar-refractivity contribution < 1.29 is 14.3 Å². The minimum Gasteiger partial charge on any atom is -0.478 e. The van der Waals surface area contributed by atoms with E-state index in [1.165, 1.54) is 6.92 Å². The molecule has 0 radical (unpaired) electrons. The van der Waals surface area contributed by atoms with E-state index in [1.54, 1.807) is 12.1 Å². The minimum atomic E-state index is -0.605. The number of Topliss-reactive ketones (excluding diaryl/α,β-unsaturated/α-hetero) is 1. The van der Waals surface area contributed by atoms with Crippen LogP contribution in [0.2, 0.25) is 0 Å². The number of carbonyl (C=O) groups excluding carboxylic acids is 1. The fraction of sp³-hybridized carbons (Fsp3) is 0.0952. The van der Waals surface area contributed by atoms with Gasteiger partial charge < -0.3 is 9.47 Å². The quantitative estimate of drug-likeness (QED) is 0.627. The highest BCUT2D eigenvalue weighted by Gasteiger charge is 2.18. The van der Waals surface area contributed by atoms with Gasteiger partial charge >= 0.3 is 0 Å². The van der Waals surface area contributed by atoms with Crippen LogP contribution in [-0.4, -0.2) is 5.78 Å². The summed E-state index contributed by atoms with van der Waals surface area (Å²) in [5, 5.41) is 0. The van der Waals surface area contributed by atoms with Crippen LogP contribution >= 0.6 is 0 Å². The summed E-state index contributed by atoms with van der Waals surface area (Å²) >= 11 is 0. The van der Waals surface area contributed by atoms with Crippen LogP contribution in [0.5, 0.6) is 17.2 Å². The molecule has 3 nitrogen and oxygen atoms in total. The van der Waals surface area contributed by atoms with Crippen LogP contribution in [0.25, 0.3) is 0 Å². The van der Waals surface area contributed by atoms with Gasteiger partial charge in [0.1, 0.15) is 17.2 Å². The maximum atomic E-state index is 11.9. The van der Waals surface area contributed by atoms with E-state index in [2.05, 4.69) is 0 Å². The van der Waals surface area contributed by atoms with E-state index in [9.17, 15) is 4.79 Å². The van der Waals surface area contributed by atoms with Crippen molar-refractivity contribution >= 4 is 5.78 Å². The first-order chi connectivity index (χ1) is 11.7. The molecule has 0 aliphatic heterocycles. The highest BCUT2D eigenvalue weighted by Crippen LogP contribution is 2.27. The first kappa shape index (κ1) is 15.8. The van der Waals surface area contributed by atoms with Crippen LogP contribution in [-0.2, 0) is 4.79 Å². The van der Waals surface area contributed by atoms with Crippen LogP contribution < -0.4 is 9.47 Å². The Morgan fingerprint density at radius 2 is 1.21 bits per heavy atom. The Hall–Kier alpha value is -3.07. The van der Waals surface area contributed by atoms with Gasteiger partial charge in [0.15, 0.2) is 11.9 Å². The van der Waals surface area contributed by atoms with Crippen molar-refractivity contribution in [2.45, 2.75) is 13.0 Å². The summed E-state index contributed by atoms with van der Waals surface area (Å²) in [6.07, 6.45) is -0.605. The lowest BCUT2D eigenvalue weighted by atomic mass is 10.1. The van der Waals surface area contributed by atoms with Crippen LogP contribution in [0.3, 0.4) is 0 Å². The van der Waals surface area contributed by atoms with Crippen LogP contribution in [0, 0.1) is 0 Å². The Morgan fingerprint density at radius 3 is 1.79 bits per heavy atom. The first-order valence-electron chi connectivity index (χ1n) is 7.77. The average Bonchev–Trinajstić information content (AvgIpc) is 2.62. The van der Waals surface area contributed by atoms with E-state index in [1.807, 2.05) is 72.8 Å². The average molecular weight is 318 g/mol. The van der Waals surface area contributed by atoms with Crippen molar-refractivity contribution in [1.82, 2.24) is 0 Å². The number of benzene rings is 3. The molecule has 1 unspecified atom stereocenters. The van der Waals surface area contributed by atoms with Gasteiger partial charge in [-0.15, -0.1) is 0 Å². The molecular formula is C21H18O3. The van der Waals surface area contributed by atoms with Gasteiger partial charge in [-0.25, -0.2) is 0 Å². The molecule has 0 saturated carbocycles. The first-order valence-corrected chi connectivity index (χ1v) is 7.77. The van der Waals surface area contributed by atoms with Gasteiger partial charge in [0.25, 0.3) is 0 Å². The number of rotatable bonds is 6. The largest absolute Gasteiger partial charge is 0.478 e. The molecule has 0 aliphatic carbocycles. The molecule has 0 amide bonds. The lowest BCUT2D eigenvalue weighted by Gasteiger charge is -2.17. The molecule has 3 heteroatoms. The number of para-hydroxylation sites is 1. The predicted molar refractivity (Wildman–Crippen MR) is 93.5 cm³/mol. The fourth-order valence-corrected chi connectivity index (χ4v) is 2.36. The van der Waals surface area contributed by atoms with Gasteiger partial charge in [-0.2, -0.15) is 0 Å².